The number of hydrogen-bond donors (Lipinski definition) is 1. The van der Waals surface area contributed by atoms with E-state index in [0.29, 0.717) is 6.54 Å². The summed E-state index contributed by atoms with van der Waals surface area (Å²) in [7, 11) is 0. The molecule has 2 aromatic rings. The quantitative estimate of drug-likeness (QED) is 0.868. The lowest BCUT2D eigenvalue weighted by molar-refractivity contribution is 0.827. The number of hydrogen-bond acceptors (Lipinski definition) is 2. The SMILES string of the molecule is CCN(Cc1ccc(CCN)cc1)c1ccccc1C. The van der Waals surface area contributed by atoms with E-state index in [1.54, 1.807) is 0 Å². The maximum atomic E-state index is 5.59. The zero-order chi connectivity index (χ0) is 14.4. The molecule has 0 radical (unpaired) electrons. The number of rotatable bonds is 6. The highest BCUT2D eigenvalue weighted by Crippen LogP contribution is 2.21. The van der Waals surface area contributed by atoms with E-state index in [-0.39, 0.29) is 0 Å². The van der Waals surface area contributed by atoms with Crippen molar-refractivity contribution < 1.29 is 0 Å². The Labute approximate surface area is 122 Å². The Morgan fingerprint density at radius 2 is 1.60 bits per heavy atom. The first-order valence-corrected chi connectivity index (χ1v) is 7.33. The molecule has 0 aromatic heterocycles. The predicted molar refractivity (Wildman–Crippen MR) is 87.1 cm³/mol. The fourth-order valence-corrected chi connectivity index (χ4v) is 2.48. The number of aryl methyl sites for hydroxylation is 1. The minimum Gasteiger partial charge on any atom is -0.367 e. The zero-order valence-corrected chi connectivity index (χ0v) is 12.5. The molecular formula is C18H24N2. The maximum Gasteiger partial charge on any atom is 0.0429 e. The highest BCUT2D eigenvalue weighted by molar-refractivity contribution is 5.53. The molecule has 0 amide bonds. The average Bonchev–Trinajstić information content (AvgIpc) is 2.48. The number of anilines is 1. The maximum absolute atomic E-state index is 5.59. The van der Waals surface area contributed by atoms with Crippen LogP contribution in [0.4, 0.5) is 5.69 Å². The van der Waals surface area contributed by atoms with Crippen LogP contribution < -0.4 is 10.6 Å². The van der Waals surface area contributed by atoms with Crippen molar-refractivity contribution in [3.63, 3.8) is 0 Å². The zero-order valence-electron chi connectivity index (χ0n) is 12.5. The number of para-hydroxylation sites is 1. The Bertz CT molecular complexity index is 531. The van der Waals surface area contributed by atoms with Gasteiger partial charge < -0.3 is 10.6 Å². The summed E-state index contributed by atoms with van der Waals surface area (Å²) in [5, 5.41) is 0. The van der Waals surface area contributed by atoms with Gasteiger partial charge in [-0.3, -0.25) is 0 Å². The minimum atomic E-state index is 0.712. The Hall–Kier alpha value is -1.80. The summed E-state index contributed by atoms with van der Waals surface area (Å²) in [6, 6.07) is 17.4. The molecule has 2 aromatic carbocycles. The fourth-order valence-electron chi connectivity index (χ4n) is 2.48. The van der Waals surface area contributed by atoms with Crippen molar-refractivity contribution >= 4 is 5.69 Å². The van der Waals surface area contributed by atoms with Crippen molar-refractivity contribution in [3.05, 3.63) is 65.2 Å². The molecule has 2 nitrogen and oxygen atoms in total. The van der Waals surface area contributed by atoms with Gasteiger partial charge in [0.2, 0.25) is 0 Å². The van der Waals surface area contributed by atoms with Crippen LogP contribution in [0.25, 0.3) is 0 Å². The third-order valence-corrected chi connectivity index (χ3v) is 3.67. The molecule has 2 rings (SSSR count). The Morgan fingerprint density at radius 3 is 2.20 bits per heavy atom. The molecule has 2 heteroatoms. The third-order valence-electron chi connectivity index (χ3n) is 3.67. The van der Waals surface area contributed by atoms with Gasteiger partial charge >= 0.3 is 0 Å². The number of benzene rings is 2. The molecule has 0 heterocycles. The summed E-state index contributed by atoms with van der Waals surface area (Å²) in [6.45, 7) is 7.04. The summed E-state index contributed by atoms with van der Waals surface area (Å²) in [5.41, 5.74) is 10.9. The van der Waals surface area contributed by atoms with Crippen LogP contribution in [-0.4, -0.2) is 13.1 Å². The lowest BCUT2D eigenvalue weighted by Gasteiger charge is -2.25. The van der Waals surface area contributed by atoms with E-state index in [9.17, 15) is 0 Å². The minimum absolute atomic E-state index is 0.712. The molecule has 0 saturated heterocycles. The first kappa shape index (κ1) is 14.6. The molecule has 0 aliphatic heterocycles. The molecule has 0 spiro atoms. The monoisotopic (exact) mass is 268 g/mol. The molecule has 0 aliphatic rings. The van der Waals surface area contributed by atoms with E-state index in [2.05, 4.69) is 67.3 Å². The number of nitrogens with zero attached hydrogens (tertiary/aromatic N) is 1. The van der Waals surface area contributed by atoms with E-state index in [0.717, 1.165) is 19.5 Å². The van der Waals surface area contributed by atoms with Gasteiger partial charge in [0.1, 0.15) is 0 Å². The number of nitrogens with two attached hydrogens (primary N) is 1. The van der Waals surface area contributed by atoms with Crippen molar-refractivity contribution in [1.82, 2.24) is 0 Å². The van der Waals surface area contributed by atoms with E-state index >= 15 is 0 Å². The Morgan fingerprint density at radius 1 is 0.950 bits per heavy atom. The van der Waals surface area contributed by atoms with Crippen molar-refractivity contribution in [1.29, 1.82) is 0 Å². The molecular weight excluding hydrogens is 244 g/mol. The summed E-state index contributed by atoms with van der Waals surface area (Å²) < 4.78 is 0. The summed E-state index contributed by atoms with van der Waals surface area (Å²) in [6.07, 6.45) is 0.954. The van der Waals surface area contributed by atoms with E-state index in [1.165, 1.54) is 22.4 Å². The van der Waals surface area contributed by atoms with Crippen LogP contribution in [0.5, 0.6) is 0 Å². The second-order valence-corrected chi connectivity index (χ2v) is 5.16. The standard InChI is InChI=1S/C18H24N2/c1-3-20(18-7-5-4-6-15(18)2)14-17-10-8-16(9-11-17)12-13-19/h4-11H,3,12-14,19H2,1-2H3. The van der Waals surface area contributed by atoms with Crippen LogP contribution in [0.3, 0.4) is 0 Å². The van der Waals surface area contributed by atoms with E-state index < -0.39 is 0 Å². The molecule has 0 fully saturated rings. The second kappa shape index (κ2) is 7.11. The molecule has 2 N–H and O–H groups in total. The van der Waals surface area contributed by atoms with Crippen LogP contribution in [-0.2, 0) is 13.0 Å². The normalized spacial score (nSPS) is 10.6. The van der Waals surface area contributed by atoms with Gasteiger partial charge in [-0.1, -0.05) is 42.5 Å². The van der Waals surface area contributed by atoms with Crippen LogP contribution >= 0.6 is 0 Å². The topological polar surface area (TPSA) is 29.3 Å². The molecule has 0 unspecified atom stereocenters. The Balaban J connectivity index is 2.12. The summed E-state index contributed by atoms with van der Waals surface area (Å²) >= 11 is 0. The average molecular weight is 268 g/mol. The van der Waals surface area contributed by atoms with E-state index in [4.69, 9.17) is 5.73 Å². The third kappa shape index (κ3) is 3.61. The molecule has 20 heavy (non-hydrogen) atoms. The molecule has 106 valence electrons. The van der Waals surface area contributed by atoms with Crippen molar-refractivity contribution in [2.75, 3.05) is 18.0 Å². The van der Waals surface area contributed by atoms with E-state index in [1.807, 2.05) is 0 Å². The molecule has 0 bridgehead atoms. The van der Waals surface area contributed by atoms with Gasteiger partial charge in [-0.15, -0.1) is 0 Å². The highest BCUT2D eigenvalue weighted by Gasteiger charge is 2.07. The molecule has 0 saturated carbocycles. The fraction of sp³-hybridized carbons (Fsp3) is 0.333. The first-order chi connectivity index (χ1) is 9.74. The lowest BCUT2D eigenvalue weighted by Crippen LogP contribution is -2.22. The predicted octanol–water partition coefficient (Wildman–Crippen LogP) is 3.52. The Kier molecular flexibility index (Phi) is 5.19. The van der Waals surface area contributed by atoms with Gasteiger partial charge in [0.25, 0.3) is 0 Å². The van der Waals surface area contributed by atoms with Gasteiger partial charge in [0.15, 0.2) is 0 Å². The largest absolute Gasteiger partial charge is 0.367 e. The molecule has 0 aliphatic carbocycles. The second-order valence-electron chi connectivity index (χ2n) is 5.16. The van der Waals surface area contributed by atoms with Crippen LogP contribution in [0.15, 0.2) is 48.5 Å². The van der Waals surface area contributed by atoms with Gasteiger partial charge in [-0.25, -0.2) is 0 Å². The summed E-state index contributed by atoms with van der Waals surface area (Å²) in [4.78, 5) is 2.41. The molecule has 0 atom stereocenters. The van der Waals surface area contributed by atoms with Crippen molar-refractivity contribution in [2.45, 2.75) is 26.8 Å². The van der Waals surface area contributed by atoms with Crippen molar-refractivity contribution in [3.8, 4) is 0 Å². The van der Waals surface area contributed by atoms with Crippen LogP contribution in [0.2, 0.25) is 0 Å². The lowest BCUT2D eigenvalue weighted by atomic mass is 10.1. The van der Waals surface area contributed by atoms with Gasteiger partial charge in [-0.05, 0) is 49.6 Å². The van der Waals surface area contributed by atoms with Gasteiger partial charge in [-0.2, -0.15) is 0 Å². The van der Waals surface area contributed by atoms with Crippen LogP contribution in [0, 0.1) is 6.92 Å². The van der Waals surface area contributed by atoms with Gasteiger partial charge in [0, 0.05) is 18.8 Å². The smallest absolute Gasteiger partial charge is 0.0429 e. The van der Waals surface area contributed by atoms with Crippen LogP contribution in [0.1, 0.15) is 23.6 Å². The van der Waals surface area contributed by atoms with Crippen molar-refractivity contribution in [2.24, 2.45) is 5.73 Å². The summed E-state index contributed by atoms with van der Waals surface area (Å²) in [5.74, 6) is 0. The van der Waals surface area contributed by atoms with Gasteiger partial charge in [0.05, 0.1) is 0 Å². The highest BCUT2D eigenvalue weighted by atomic mass is 15.1. The first-order valence-electron chi connectivity index (χ1n) is 7.33.